The summed E-state index contributed by atoms with van der Waals surface area (Å²) in [7, 11) is 0. The number of rotatable bonds is 5. The highest BCUT2D eigenvalue weighted by Crippen LogP contribution is 2.38. The Morgan fingerprint density at radius 2 is 1.80 bits per heavy atom. The minimum absolute atomic E-state index is 0.0564. The van der Waals surface area contributed by atoms with Gasteiger partial charge in [0.15, 0.2) is 0 Å². The SMILES string of the molecule is CC1CN(CC2CCN(CC(=O)Nc3c(Cl)cccc3C(F)(F)F)CC2)CC(C)O1. The van der Waals surface area contributed by atoms with Crippen molar-refractivity contribution < 1.29 is 22.7 Å². The van der Waals surface area contributed by atoms with Gasteiger partial charge in [-0.15, -0.1) is 0 Å². The van der Waals surface area contributed by atoms with Crippen molar-refractivity contribution in [2.45, 2.75) is 45.1 Å². The van der Waals surface area contributed by atoms with Crippen molar-refractivity contribution in [3.8, 4) is 0 Å². The Hall–Kier alpha value is -1.35. The monoisotopic (exact) mass is 447 g/mol. The molecule has 30 heavy (non-hydrogen) atoms. The molecule has 1 amide bonds. The van der Waals surface area contributed by atoms with Crippen LogP contribution in [0.15, 0.2) is 18.2 Å². The zero-order chi connectivity index (χ0) is 21.9. The Balaban J connectivity index is 1.48. The van der Waals surface area contributed by atoms with Gasteiger partial charge in [0.05, 0.1) is 35.0 Å². The molecule has 0 spiro atoms. The predicted molar refractivity (Wildman–Crippen MR) is 111 cm³/mol. The molecule has 2 heterocycles. The quantitative estimate of drug-likeness (QED) is 0.737. The third-order valence-electron chi connectivity index (χ3n) is 5.67. The van der Waals surface area contributed by atoms with Crippen LogP contribution in [0.3, 0.4) is 0 Å². The molecule has 2 fully saturated rings. The fourth-order valence-corrected chi connectivity index (χ4v) is 4.62. The third kappa shape index (κ3) is 6.33. The number of morpholine rings is 1. The molecule has 9 heteroatoms. The number of benzene rings is 1. The average molecular weight is 448 g/mol. The Kier molecular flexibility index (Phi) is 7.66. The van der Waals surface area contributed by atoms with E-state index in [2.05, 4.69) is 24.1 Å². The van der Waals surface area contributed by atoms with Gasteiger partial charge in [-0.25, -0.2) is 0 Å². The summed E-state index contributed by atoms with van der Waals surface area (Å²) in [5.74, 6) is 0.0742. The highest BCUT2D eigenvalue weighted by Gasteiger charge is 2.35. The van der Waals surface area contributed by atoms with E-state index in [4.69, 9.17) is 16.3 Å². The first-order valence-corrected chi connectivity index (χ1v) is 10.8. The third-order valence-corrected chi connectivity index (χ3v) is 5.98. The lowest BCUT2D eigenvalue weighted by molar-refractivity contribution is -0.137. The Morgan fingerprint density at radius 1 is 1.17 bits per heavy atom. The number of ether oxygens (including phenoxy) is 1. The Labute approximate surface area is 180 Å². The van der Waals surface area contributed by atoms with Gasteiger partial charge < -0.3 is 10.1 Å². The molecule has 2 unspecified atom stereocenters. The molecule has 2 aliphatic rings. The number of piperidine rings is 1. The van der Waals surface area contributed by atoms with Crippen LogP contribution in [0.25, 0.3) is 0 Å². The first kappa shape index (κ1) is 23.3. The number of nitrogens with one attached hydrogen (secondary N) is 1. The number of anilines is 1. The zero-order valence-electron chi connectivity index (χ0n) is 17.3. The van der Waals surface area contributed by atoms with Gasteiger partial charge in [0.2, 0.25) is 5.91 Å². The lowest BCUT2D eigenvalue weighted by Crippen LogP contribution is -2.48. The molecule has 0 saturated carbocycles. The van der Waals surface area contributed by atoms with Crippen molar-refractivity contribution in [2.75, 3.05) is 44.6 Å². The number of carbonyl (C=O) groups excluding carboxylic acids is 1. The summed E-state index contributed by atoms with van der Waals surface area (Å²) in [5.41, 5.74) is -1.31. The zero-order valence-corrected chi connectivity index (χ0v) is 18.1. The number of carbonyl (C=O) groups is 1. The van der Waals surface area contributed by atoms with E-state index in [9.17, 15) is 18.0 Å². The number of hydrogen-bond acceptors (Lipinski definition) is 4. The van der Waals surface area contributed by atoms with Crippen LogP contribution in [0.5, 0.6) is 0 Å². The number of likely N-dealkylation sites (tertiary alicyclic amines) is 1. The van der Waals surface area contributed by atoms with Gasteiger partial charge in [0.25, 0.3) is 0 Å². The average Bonchev–Trinajstić information content (AvgIpc) is 2.63. The van der Waals surface area contributed by atoms with Gasteiger partial charge in [-0.05, 0) is 57.8 Å². The Morgan fingerprint density at radius 3 is 2.40 bits per heavy atom. The number of alkyl halides is 3. The van der Waals surface area contributed by atoms with Gasteiger partial charge in [-0.2, -0.15) is 13.2 Å². The maximum atomic E-state index is 13.2. The second-order valence-electron chi connectivity index (χ2n) is 8.40. The largest absolute Gasteiger partial charge is 0.418 e. The molecule has 0 bridgehead atoms. The number of hydrogen-bond donors (Lipinski definition) is 1. The lowest BCUT2D eigenvalue weighted by Gasteiger charge is -2.39. The molecule has 0 aromatic heterocycles. The highest BCUT2D eigenvalue weighted by atomic mass is 35.5. The molecule has 5 nitrogen and oxygen atoms in total. The fraction of sp³-hybridized carbons (Fsp3) is 0.667. The number of halogens is 4. The summed E-state index contributed by atoms with van der Waals surface area (Å²) in [6.45, 7) is 8.64. The van der Waals surface area contributed by atoms with Crippen LogP contribution >= 0.6 is 11.6 Å². The molecular formula is C21H29ClF3N3O2. The van der Waals surface area contributed by atoms with E-state index in [1.165, 1.54) is 12.1 Å². The van der Waals surface area contributed by atoms with Gasteiger partial charge in [-0.3, -0.25) is 14.6 Å². The summed E-state index contributed by atoms with van der Waals surface area (Å²) < 4.78 is 45.3. The number of nitrogens with zero attached hydrogens (tertiary/aromatic N) is 2. The molecule has 0 aliphatic carbocycles. The van der Waals surface area contributed by atoms with E-state index in [0.717, 1.165) is 51.6 Å². The van der Waals surface area contributed by atoms with E-state index in [0.29, 0.717) is 5.92 Å². The van der Waals surface area contributed by atoms with Crippen molar-refractivity contribution >= 4 is 23.2 Å². The van der Waals surface area contributed by atoms with Crippen LogP contribution in [-0.4, -0.2) is 67.2 Å². The molecule has 3 rings (SSSR count). The summed E-state index contributed by atoms with van der Waals surface area (Å²) in [4.78, 5) is 16.8. The topological polar surface area (TPSA) is 44.8 Å². The molecule has 2 aliphatic heterocycles. The van der Waals surface area contributed by atoms with E-state index < -0.39 is 17.6 Å². The molecule has 0 radical (unpaired) electrons. The summed E-state index contributed by atoms with van der Waals surface area (Å²) in [6.07, 6.45) is -2.17. The van der Waals surface area contributed by atoms with E-state index >= 15 is 0 Å². The van der Waals surface area contributed by atoms with Crippen LogP contribution < -0.4 is 5.32 Å². The predicted octanol–water partition coefficient (Wildman–Crippen LogP) is 4.12. The smallest absolute Gasteiger partial charge is 0.373 e. The summed E-state index contributed by atoms with van der Waals surface area (Å²) >= 11 is 5.91. The van der Waals surface area contributed by atoms with Crippen LogP contribution in [0, 0.1) is 5.92 Å². The van der Waals surface area contributed by atoms with E-state index in [1.807, 2.05) is 4.90 Å². The van der Waals surface area contributed by atoms with Gasteiger partial charge in [-0.1, -0.05) is 17.7 Å². The molecule has 1 N–H and O–H groups in total. The summed E-state index contributed by atoms with van der Waals surface area (Å²) in [6, 6.07) is 3.48. The molecule has 2 saturated heterocycles. The van der Waals surface area contributed by atoms with Gasteiger partial charge in [0.1, 0.15) is 0 Å². The number of para-hydroxylation sites is 1. The maximum absolute atomic E-state index is 13.2. The van der Waals surface area contributed by atoms with Crippen LogP contribution in [0.4, 0.5) is 18.9 Å². The van der Waals surface area contributed by atoms with E-state index in [-0.39, 0.29) is 29.5 Å². The normalized spacial score (nSPS) is 24.7. The highest BCUT2D eigenvalue weighted by molar-refractivity contribution is 6.34. The fourth-order valence-electron chi connectivity index (χ4n) is 4.40. The second kappa shape index (κ2) is 9.85. The minimum atomic E-state index is -4.58. The van der Waals surface area contributed by atoms with Crippen molar-refractivity contribution in [1.82, 2.24) is 9.80 Å². The standard InChI is InChI=1S/C21H29ClF3N3O2/c1-14-10-28(11-15(2)30-14)12-16-6-8-27(9-7-16)13-19(29)26-20-17(21(23,24)25)4-3-5-18(20)22/h3-5,14-16H,6-13H2,1-2H3,(H,26,29). The van der Waals surface area contributed by atoms with Gasteiger partial charge in [0, 0.05) is 19.6 Å². The molecule has 168 valence electrons. The second-order valence-corrected chi connectivity index (χ2v) is 8.81. The van der Waals surface area contributed by atoms with Crippen LogP contribution in [0.1, 0.15) is 32.3 Å². The maximum Gasteiger partial charge on any atom is 0.418 e. The minimum Gasteiger partial charge on any atom is -0.373 e. The van der Waals surface area contributed by atoms with Crippen molar-refractivity contribution in [3.05, 3.63) is 28.8 Å². The van der Waals surface area contributed by atoms with Crippen LogP contribution in [0.2, 0.25) is 5.02 Å². The molecule has 1 aromatic carbocycles. The number of amides is 1. The van der Waals surface area contributed by atoms with E-state index in [1.54, 1.807) is 0 Å². The molecular weight excluding hydrogens is 419 g/mol. The van der Waals surface area contributed by atoms with Gasteiger partial charge >= 0.3 is 6.18 Å². The molecule has 2 atom stereocenters. The summed E-state index contributed by atoms with van der Waals surface area (Å²) in [5, 5.41) is 2.25. The van der Waals surface area contributed by atoms with Crippen LogP contribution in [-0.2, 0) is 15.7 Å². The molecule has 1 aromatic rings. The Bertz CT molecular complexity index is 729. The van der Waals surface area contributed by atoms with Crippen molar-refractivity contribution in [2.24, 2.45) is 5.92 Å². The van der Waals surface area contributed by atoms with Crippen molar-refractivity contribution in [1.29, 1.82) is 0 Å². The first-order chi connectivity index (χ1) is 14.1. The first-order valence-electron chi connectivity index (χ1n) is 10.4. The lowest BCUT2D eigenvalue weighted by atomic mass is 9.95. The van der Waals surface area contributed by atoms with Crippen molar-refractivity contribution in [3.63, 3.8) is 0 Å².